The molecule has 1 heterocycles. The average Bonchev–Trinajstić information content (AvgIpc) is 2.63. The van der Waals surface area contributed by atoms with Crippen LogP contribution < -0.4 is 5.32 Å². The largest absolute Gasteiger partial charge is 0.388 e. The third-order valence-corrected chi connectivity index (χ3v) is 3.25. The number of amides is 2. The summed E-state index contributed by atoms with van der Waals surface area (Å²) >= 11 is 0. The third-order valence-electron chi connectivity index (χ3n) is 3.25. The SMILES string of the molecule is O=C(NCC1(O)CCC1)N1CCCC1. The molecule has 2 aliphatic rings. The number of carbonyl (C=O) groups is 1. The molecule has 4 nitrogen and oxygen atoms in total. The fourth-order valence-electron chi connectivity index (χ4n) is 2.03. The van der Waals surface area contributed by atoms with Crippen LogP contribution >= 0.6 is 0 Å². The van der Waals surface area contributed by atoms with Gasteiger partial charge in [-0.05, 0) is 32.1 Å². The fourth-order valence-corrected chi connectivity index (χ4v) is 2.03. The molecule has 2 amide bonds. The van der Waals surface area contributed by atoms with Crippen molar-refractivity contribution in [2.24, 2.45) is 0 Å². The number of nitrogens with zero attached hydrogens (tertiary/aromatic N) is 1. The molecular formula is C10H18N2O2. The summed E-state index contributed by atoms with van der Waals surface area (Å²) < 4.78 is 0. The first kappa shape index (κ1) is 9.77. The number of likely N-dealkylation sites (tertiary alicyclic amines) is 1. The molecule has 0 radical (unpaired) electrons. The molecule has 0 aromatic carbocycles. The lowest BCUT2D eigenvalue weighted by molar-refractivity contribution is -0.0296. The molecule has 80 valence electrons. The molecule has 1 saturated heterocycles. The number of hydrogen-bond donors (Lipinski definition) is 2. The lowest BCUT2D eigenvalue weighted by Gasteiger charge is -2.36. The van der Waals surface area contributed by atoms with Gasteiger partial charge in [-0.25, -0.2) is 4.79 Å². The van der Waals surface area contributed by atoms with Crippen molar-refractivity contribution < 1.29 is 9.90 Å². The fraction of sp³-hybridized carbons (Fsp3) is 0.900. The zero-order valence-electron chi connectivity index (χ0n) is 8.46. The molecule has 0 unspecified atom stereocenters. The van der Waals surface area contributed by atoms with Gasteiger partial charge >= 0.3 is 6.03 Å². The van der Waals surface area contributed by atoms with Gasteiger partial charge in [0.05, 0.1) is 5.60 Å². The van der Waals surface area contributed by atoms with Crippen molar-refractivity contribution in [1.29, 1.82) is 0 Å². The molecule has 0 aromatic heterocycles. The highest BCUT2D eigenvalue weighted by molar-refractivity contribution is 5.74. The van der Waals surface area contributed by atoms with Crippen LogP contribution in [-0.2, 0) is 0 Å². The number of carbonyl (C=O) groups excluding carboxylic acids is 1. The first-order chi connectivity index (χ1) is 6.70. The Morgan fingerprint density at radius 2 is 1.93 bits per heavy atom. The number of urea groups is 1. The summed E-state index contributed by atoms with van der Waals surface area (Å²) in [6.45, 7) is 2.15. The highest BCUT2D eigenvalue weighted by atomic mass is 16.3. The summed E-state index contributed by atoms with van der Waals surface area (Å²) in [4.78, 5) is 13.4. The van der Waals surface area contributed by atoms with Crippen molar-refractivity contribution in [1.82, 2.24) is 10.2 Å². The summed E-state index contributed by atoms with van der Waals surface area (Å²) in [6.07, 6.45) is 4.95. The molecule has 1 aliphatic heterocycles. The van der Waals surface area contributed by atoms with Crippen molar-refractivity contribution in [3.05, 3.63) is 0 Å². The van der Waals surface area contributed by atoms with Crippen molar-refractivity contribution in [3.63, 3.8) is 0 Å². The molecule has 1 aliphatic carbocycles. The van der Waals surface area contributed by atoms with Crippen LogP contribution in [0, 0.1) is 0 Å². The molecule has 2 rings (SSSR count). The maximum atomic E-state index is 11.5. The van der Waals surface area contributed by atoms with Gasteiger partial charge in [-0.1, -0.05) is 0 Å². The van der Waals surface area contributed by atoms with E-state index in [1.165, 1.54) is 0 Å². The second-order valence-corrected chi connectivity index (χ2v) is 4.43. The normalized spacial score (nSPS) is 24.5. The number of aliphatic hydroxyl groups is 1. The van der Waals surface area contributed by atoms with Crippen LogP contribution in [0.15, 0.2) is 0 Å². The molecule has 0 aromatic rings. The van der Waals surface area contributed by atoms with Gasteiger partial charge in [-0.15, -0.1) is 0 Å². The van der Waals surface area contributed by atoms with Gasteiger partial charge in [-0.2, -0.15) is 0 Å². The van der Waals surface area contributed by atoms with Gasteiger partial charge in [0.2, 0.25) is 0 Å². The summed E-state index contributed by atoms with van der Waals surface area (Å²) in [5, 5.41) is 12.6. The third kappa shape index (κ3) is 2.00. The Balaban J connectivity index is 1.71. The molecule has 4 heteroatoms. The predicted molar refractivity (Wildman–Crippen MR) is 53.0 cm³/mol. The van der Waals surface area contributed by atoms with Crippen LogP contribution in [0.25, 0.3) is 0 Å². The maximum absolute atomic E-state index is 11.5. The lowest BCUT2D eigenvalue weighted by atomic mass is 9.80. The second-order valence-electron chi connectivity index (χ2n) is 4.43. The van der Waals surface area contributed by atoms with Crippen LogP contribution in [0.1, 0.15) is 32.1 Å². The highest BCUT2D eigenvalue weighted by Gasteiger charge is 2.35. The summed E-state index contributed by atoms with van der Waals surface area (Å²) in [5.41, 5.74) is -0.602. The van der Waals surface area contributed by atoms with Crippen LogP contribution in [0.3, 0.4) is 0 Å². The molecular weight excluding hydrogens is 180 g/mol. The molecule has 0 spiro atoms. The molecule has 0 atom stereocenters. The van der Waals surface area contributed by atoms with Crippen LogP contribution in [0.2, 0.25) is 0 Å². The van der Waals surface area contributed by atoms with E-state index in [2.05, 4.69) is 5.32 Å². The van der Waals surface area contributed by atoms with E-state index in [-0.39, 0.29) is 6.03 Å². The van der Waals surface area contributed by atoms with E-state index < -0.39 is 5.60 Å². The monoisotopic (exact) mass is 198 g/mol. The second kappa shape index (κ2) is 3.77. The van der Waals surface area contributed by atoms with E-state index in [1.54, 1.807) is 0 Å². The van der Waals surface area contributed by atoms with E-state index in [4.69, 9.17) is 0 Å². The van der Waals surface area contributed by atoms with E-state index in [9.17, 15) is 9.90 Å². The van der Waals surface area contributed by atoms with Crippen molar-refractivity contribution in [2.45, 2.75) is 37.7 Å². The van der Waals surface area contributed by atoms with Crippen LogP contribution in [0.4, 0.5) is 4.79 Å². The topological polar surface area (TPSA) is 52.6 Å². The molecule has 2 fully saturated rings. The van der Waals surface area contributed by atoms with Crippen LogP contribution in [-0.4, -0.2) is 41.3 Å². The standard InChI is InChI=1S/C10H18N2O2/c13-9(12-6-1-2-7-12)11-8-10(14)4-3-5-10/h14H,1-8H2,(H,11,13). The zero-order valence-corrected chi connectivity index (χ0v) is 8.46. The predicted octanol–water partition coefficient (Wildman–Crippen LogP) is 0.707. The highest BCUT2D eigenvalue weighted by Crippen LogP contribution is 2.30. The Kier molecular flexibility index (Phi) is 2.63. The molecule has 2 N–H and O–H groups in total. The van der Waals surface area contributed by atoms with Gasteiger partial charge in [0, 0.05) is 19.6 Å². The lowest BCUT2D eigenvalue weighted by Crippen LogP contribution is -2.50. The quantitative estimate of drug-likeness (QED) is 0.686. The first-order valence-electron chi connectivity index (χ1n) is 5.45. The number of hydrogen-bond acceptors (Lipinski definition) is 2. The maximum Gasteiger partial charge on any atom is 0.317 e. The van der Waals surface area contributed by atoms with Crippen LogP contribution in [0.5, 0.6) is 0 Å². The smallest absolute Gasteiger partial charge is 0.317 e. The number of rotatable bonds is 2. The van der Waals surface area contributed by atoms with E-state index in [0.717, 1.165) is 45.2 Å². The van der Waals surface area contributed by atoms with Crippen molar-refractivity contribution >= 4 is 6.03 Å². The van der Waals surface area contributed by atoms with E-state index in [1.807, 2.05) is 4.90 Å². The van der Waals surface area contributed by atoms with Gasteiger partial charge < -0.3 is 15.3 Å². The van der Waals surface area contributed by atoms with E-state index >= 15 is 0 Å². The Morgan fingerprint density at radius 1 is 1.29 bits per heavy atom. The average molecular weight is 198 g/mol. The minimum absolute atomic E-state index is 0.0113. The van der Waals surface area contributed by atoms with Gasteiger partial charge in [0.25, 0.3) is 0 Å². The zero-order chi connectivity index (χ0) is 10.0. The number of nitrogens with one attached hydrogen (secondary N) is 1. The van der Waals surface area contributed by atoms with E-state index in [0.29, 0.717) is 6.54 Å². The summed E-state index contributed by atoms with van der Waals surface area (Å²) in [6, 6.07) is -0.0113. The van der Waals surface area contributed by atoms with Gasteiger partial charge in [-0.3, -0.25) is 0 Å². The molecule has 14 heavy (non-hydrogen) atoms. The molecule has 1 saturated carbocycles. The molecule has 0 bridgehead atoms. The Hall–Kier alpha value is -0.770. The Bertz CT molecular complexity index is 220. The first-order valence-corrected chi connectivity index (χ1v) is 5.45. The minimum atomic E-state index is -0.602. The van der Waals surface area contributed by atoms with Gasteiger partial charge in [0.15, 0.2) is 0 Å². The van der Waals surface area contributed by atoms with Gasteiger partial charge in [0.1, 0.15) is 0 Å². The summed E-state index contributed by atoms with van der Waals surface area (Å²) in [7, 11) is 0. The Morgan fingerprint density at radius 3 is 2.43 bits per heavy atom. The summed E-state index contributed by atoms with van der Waals surface area (Å²) in [5.74, 6) is 0. The minimum Gasteiger partial charge on any atom is -0.388 e. The van der Waals surface area contributed by atoms with Crippen molar-refractivity contribution in [3.8, 4) is 0 Å². The van der Waals surface area contributed by atoms with Crippen molar-refractivity contribution in [2.75, 3.05) is 19.6 Å². The Labute approximate surface area is 84.3 Å².